The molecule has 1 aliphatic heterocycles. The smallest absolute Gasteiger partial charge is 0.0702 e. The summed E-state index contributed by atoms with van der Waals surface area (Å²) in [5, 5.41) is 0.820. The van der Waals surface area contributed by atoms with Gasteiger partial charge in [-0.2, -0.15) is 0 Å². The quantitative estimate of drug-likeness (QED) is 0.823. The van der Waals surface area contributed by atoms with Crippen LogP contribution in [0.2, 0.25) is 5.02 Å². The number of rotatable bonds is 4. The van der Waals surface area contributed by atoms with E-state index in [1.165, 1.54) is 19.3 Å². The average Bonchev–Trinajstić information content (AvgIpc) is 2.34. The second kappa shape index (κ2) is 6.90. The Morgan fingerprint density at radius 3 is 2.94 bits per heavy atom. The monoisotopic (exact) mass is 331 g/mol. The Morgan fingerprint density at radius 2 is 2.28 bits per heavy atom. The Balaban J connectivity index is 1.87. The molecule has 1 unspecified atom stereocenters. The van der Waals surface area contributed by atoms with E-state index in [0.29, 0.717) is 6.10 Å². The zero-order valence-corrected chi connectivity index (χ0v) is 13.0. The third kappa shape index (κ3) is 4.23. The van der Waals surface area contributed by atoms with E-state index in [-0.39, 0.29) is 0 Å². The maximum absolute atomic E-state index is 6.23. The van der Waals surface area contributed by atoms with Gasteiger partial charge in [-0.1, -0.05) is 33.6 Å². The number of likely N-dealkylation sites (N-methyl/N-ethyl adjacent to an activating group) is 1. The lowest BCUT2D eigenvalue weighted by atomic mass is 10.1. The van der Waals surface area contributed by atoms with Gasteiger partial charge in [0.05, 0.1) is 6.10 Å². The normalized spacial score (nSPS) is 20.3. The number of hydrogen-bond donors (Lipinski definition) is 0. The average molecular weight is 333 g/mol. The third-order valence-corrected chi connectivity index (χ3v) is 4.09. The van der Waals surface area contributed by atoms with Crippen molar-refractivity contribution >= 4 is 27.5 Å². The number of hydrogen-bond acceptors (Lipinski definition) is 2. The molecule has 1 aromatic rings. The first-order valence-electron chi connectivity index (χ1n) is 6.39. The molecule has 0 N–H and O–H groups in total. The van der Waals surface area contributed by atoms with Gasteiger partial charge in [0, 0.05) is 29.2 Å². The molecule has 1 aromatic carbocycles. The number of ether oxygens (including phenoxy) is 1. The summed E-state index contributed by atoms with van der Waals surface area (Å²) in [7, 11) is 2.12. The molecule has 0 amide bonds. The highest BCUT2D eigenvalue weighted by Crippen LogP contribution is 2.23. The van der Waals surface area contributed by atoms with Gasteiger partial charge in [0.2, 0.25) is 0 Å². The summed E-state index contributed by atoms with van der Waals surface area (Å²) in [6.45, 7) is 2.76. The molecule has 0 bridgehead atoms. The lowest BCUT2D eigenvalue weighted by molar-refractivity contribution is -0.00258. The van der Waals surface area contributed by atoms with Crippen molar-refractivity contribution in [1.82, 2.24) is 4.90 Å². The second-order valence-electron chi connectivity index (χ2n) is 4.92. The predicted molar refractivity (Wildman–Crippen MR) is 79.1 cm³/mol. The van der Waals surface area contributed by atoms with E-state index < -0.39 is 0 Å². The summed E-state index contributed by atoms with van der Waals surface area (Å²) in [6, 6.07) is 6.05. The zero-order chi connectivity index (χ0) is 13.0. The molecule has 18 heavy (non-hydrogen) atoms. The molecule has 2 nitrogen and oxygen atoms in total. The van der Waals surface area contributed by atoms with Crippen molar-refractivity contribution in [2.75, 3.05) is 20.2 Å². The van der Waals surface area contributed by atoms with Gasteiger partial charge in [-0.3, -0.25) is 4.90 Å². The summed E-state index contributed by atoms with van der Waals surface area (Å²) < 4.78 is 6.78. The molecule has 0 aliphatic carbocycles. The lowest BCUT2D eigenvalue weighted by Crippen LogP contribution is -2.33. The van der Waals surface area contributed by atoms with Gasteiger partial charge < -0.3 is 4.74 Å². The summed E-state index contributed by atoms with van der Waals surface area (Å²) in [6.07, 6.45) is 4.06. The molecule has 1 fully saturated rings. The Kier molecular flexibility index (Phi) is 5.49. The molecule has 0 spiro atoms. The van der Waals surface area contributed by atoms with E-state index in [1.54, 1.807) is 0 Å². The first kappa shape index (κ1) is 14.3. The van der Waals surface area contributed by atoms with Gasteiger partial charge in [0.15, 0.2) is 0 Å². The molecule has 0 saturated carbocycles. The second-order valence-corrected chi connectivity index (χ2v) is 6.24. The van der Waals surface area contributed by atoms with E-state index in [0.717, 1.165) is 34.8 Å². The zero-order valence-electron chi connectivity index (χ0n) is 10.7. The van der Waals surface area contributed by atoms with Gasteiger partial charge in [-0.25, -0.2) is 0 Å². The van der Waals surface area contributed by atoms with Crippen LogP contribution in [0.4, 0.5) is 0 Å². The van der Waals surface area contributed by atoms with E-state index in [9.17, 15) is 0 Å². The molecular weight excluding hydrogens is 314 g/mol. The van der Waals surface area contributed by atoms with Gasteiger partial charge in [0.25, 0.3) is 0 Å². The SMILES string of the molecule is CN(Cc1ccc(Br)cc1Cl)CC1CCCCO1. The molecule has 100 valence electrons. The Bertz CT molecular complexity index is 393. The maximum Gasteiger partial charge on any atom is 0.0702 e. The molecule has 2 rings (SSSR count). The van der Waals surface area contributed by atoms with Crippen molar-refractivity contribution in [3.63, 3.8) is 0 Å². The molecule has 0 radical (unpaired) electrons. The summed E-state index contributed by atoms with van der Waals surface area (Å²) in [4.78, 5) is 2.28. The van der Waals surface area contributed by atoms with Crippen molar-refractivity contribution in [3.05, 3.63) is 33.3 Å². The van der Waals surface area contributed by atoms with Crippen LogP contribution in [-0.4, -0.2) is 31.2 Å². The van der Waals surface area contributed by atoms with E-state index >= 15 is 0 Å². The van der Waals surface area contributed by atoms with Crippen LogP contribution in [-0.2, 0) is 11.3 Å². The fourth-order valence-electron chi connectivity index (χ4n) is 2.30. The van der Waals surface area contributed by atoms with Crippen molar-refractivity contribution in [2.24, 2.45) is 0 Å². The summed E-state index contributed by atoms with van der Waals surface area (Å²) in [5.74, 6) is 0. The van der Waals surface area contributed by atoms with E-state index in [1.807, 2.05) is 12.1 Å². The van der Waals surface area contributed by atoms with E-state index in [2.05, 4.69) is 33.9 Å². The lowest BCUT2D eigenvalue weighted by Gasteiger charge is -2.27. The van der Waals surface area contributed by atoms with Gasteiger partial charge in [-0.05, 0) is 44.0 Å². The largest absolute Gasteiger partial charge is 0.377 e. The molecule has 4 heteroatoms. The fraction of sp³-hybridized carbons (Fsp3) is 0.571. The highest BCUT2D eigenvalue weighted by atomic mass is 79.9. The van der Waals surface area contributed by atoms with Crippen LogP contribution in [0.5, 0.6) is 0 Å². The van der Waals surface area contributed by atoms with Crippen LogP contribution >= 0.6 is 27.5 Å². The van der Waals surface area contributed by atoms with Crippen LogP contribution in [0, 0.1) is 0 Å². The highest BCUT2D eigenvalue weighted by Gasteiger charge is 2.16. The molecular formula is C14H19BrClNO. The first-order chi connectivity index (χ1) is 8.65. The van der Waals surface area contributed by atoms with Gasteiger partial charge >= 0.3 is 0 Å². The van der Waals surface area contributed by atoms with E-state index in [4.69, 9.17) is 16.3 Å². The van der Waals surface area contributed by atoms with Crippen molar-refractivity contribution < 1.29 is 4.74 Å². The molecule has 1 saturated heterocycles. The Hall–Kier alpha value is -0.0900. The Morgan fingerprint density at radius 1 is 1.44 bits per heavy atom. The standard InChI is InChI=1S/C14H19BrClNO/c1-17(10-13-4-2-3-7-18-13)9-11-5-6-12(15)8-14(11)16/h5-6,8,13H,2-4,7,9-10H2,1H3. The van der Waals surface area contributed by atoms with Gasteiger partial charge in [-0.15, -0.1) is 0 Å². The van der Waals surface area contributed by atoms with Gasteiger partial charge in [0.1, 0.15) is 0 Å². The van der Waals surface area contributed by atoms with Crippen molar-refractivity contribution in [2.45, 2.75) is 31.9 Å². The minimum atomic E-state index is 0.387. The number of halogens is 2. The van der Waals surface area contributed by atoms with Crippen LogP contribution in [0.25, 0.3) is 0 Å². The van der Waals surface area contributed by atoms with Crippen LogP contribution in [0.1, 0.15) is 24.8 Å². The predicted octanol–water partition coefficient (Wildman–Crippen LogP) is 4.10. The third-order valence-electron chi connectivity index (χ3n) is 3.24. The fourth-order valence-corrected chi connectivity index (χ4v) is 3.04. The highest BCUT2D eigenvalue weighted by molar-refractivity contribution is 9.10. The topological polar surface area (TPSA) is 12.5 Å². The molecule has 1 heterocycles. The van der Waals surface area contributed by atoms with Crippen LogP contribution in [0.3, 0.4) is 0 Å². The molecule has 1 atom stereocenters. The first-order valence-corrected chi connectivity index (χ1v) is 7.56. The summed E-state index contributed by atoms with van der Waals surface area (Å²) >= 11 is 9.65. The Labute approximate surface area is 122 Å². The minimum Gasteiger partial charge on any atom is -0.377 e. The molecule has 0 aromatic heterocycles. The van der Waals surface area contributed by atoms with Crippen molar-refractivity contribution in [3.8, 4) is 0 Å². The maximum atomic E-state index is 6.23. The summed E-state index contributed by atoms with van der Waals surface area (Å²) in [5.41, 5.74) is 1.16. The van der Waals surface area contributed by atoms with Crippen molar-refractivity contribution in [1.29, 1.82) is 0 Å². The number of nitrogens with zero attached hydrogens (tertiary/aromatic N) is 1. The molecule has 1 aliphatic rings. The van der Waals surface area contributed by atoms with Crippen LogP contribution < -0.4 is 0 Å². The number of benzene rings is 1. The van der Waals surface area contributed by atoms with Crippen LogP contribution in [0.15, 0.2) is 22.7 Å². The minimum absolute atomic E-state index is 0.387.